The van der Waals surface area contributed by atoms with Crippen LogP contribution in [0.4, 0.5) is 5.69 Å². The highest BCUT2D eigenvalue weighted by molar-refractivity contribution is 5.52. The first kappa shape index (κ1) is 11.3. The van der Waals surface area contributed by atoms with Gasteiger partial charge in [-0.2, -0.15) is 0 Å². The number of nitrogen functional groups attached to an aromatic ring is 1. The van der Waals surface area contributed by atoms with Crippen molar-refractivity contribution >= 4 is 11.8 Å². The molecule has 0 aromatic heterocycles. The van der Waals surface area contributed by atoms with Crippen LogP contribution in [0, 0.1) is 0 Å². The van der Waals surface area contributed by atoms with Crippen molar-refractivity contribution in [3.63, 3.8) is 0 Å². The summed E-state index contributed by atoms with van der Waals surface area (Å²) < 4.78 is 5.66. The molecular weight excluding hydrogens is 210 g/mol. The molecule has 0 amide bonds. The summed E-state index contributed by atoms with van der Waals surface area (Å²) in [6, 6.07) is 15.6. The van der Waals surface area contributed by atoms with Crippen molar-refractivity contribution in [2.45, 2.75) is 6.61 Å². The molecule has 2 rings (SSSR count). The van der Waals surface area contributed by atoms with E-state index >= 15 is 0 Å². The van der Waals surface area contributed by atoms with Gasteiger partial charge in [0, 0.05) is 0 Å². The third kappa shape index (κ3) is 2.88. The average molecular weight is 225 g/mol. The van der Waals surface area contributed by atoms with E-state index in [4.69, 9.17) is 10.5 Å². The first-order valence-corrected chi connectivity index (χ1v) is 5.48. The molecule has 2 heteroatoms. The van der Waals surface area contributed by atoms with Crippen molar-refractivity contribution in [2.75, 3.05) is 5.73 Å². The van der Waals surface area contributed by atoms with E-state index in [1.165, 1.54) is 0 Å². The quantitative estimate of drug-likeness (QED) is 0.808. The van der Waals surface area contributed by atoms with Crippen LogP contribution >= 0.6 is 0 Å². The van der Waals surface area contributed by atoms with Gasteiger partial charge in [0.15, 0.2) is 0 Å². The summed E-state index contributed by atoms with van der Waals surface area (Å²) >= 11 is 0. The van der Waals surface area contributed by atoms with Crippen LogP contribution < -0.4 is 10.5 Å². The van der Waals surface area contributed by atoms with E-state index in [0.717, 1.165) is 16.9 Å². The Morgan fingerprint density at radius 2 is 1.94 bits per heavy atom. The third-order valence-electron chi connectivity index (χ3n) is 2.50. The van der Waals surface area contributed by atoms with Crippen molar-refractivity contribution in [3.05, 3.63) is 66.2 Å². The van der Waals surface area contributed by atoms with Crippen LogP contribution in [0.15, 0.2) is 55.1 Å². The zero-order chi connectivity index (χ0) is 12.1. The van der Waals surface area contributed by atoms with Crippen LogP contribution in [0.2, 0.25) is 0 Å². The maximum atomic E-state index is 5.80. The molecular formula is C15H15NO. The molecule has 86 valence electrons. The van der Waals surface area contributed by atoms with E-state index in [9.17, 15) is 0 Å². The number of benzene rings is 2. The number of anilines is 1. The minimum atomic E-state index is 0.510. The van der Waals surface area contributed by atoms with Gasteiger partial charge in [-0.15, -0.1) is 0 Å². The molecule has 0 aliphatic carbocycles. The summed E-state index contributed by atoms with van der Waals surface area (Å²) in [6.45, 7) is 4.25. The molecule has 0 aliphatic heterocycles. The van der Waals surface area contributed by atoms with E-state index in [1.807, 2.05) is 54.6 Å². The topological polar surface area (TPSA) is 35.2 Å². The molecule has 17 heavy (non-hydrogen) atoms. The number of hydrogen-bond donors (Lipinski definition) is 1. The summed E-state index contributed by atoms with van der Waals surface area (Å²) in [5.41, 5.74) is 8.65. The normalized spacial score (nSPS) is 9.88. The Bertz CT molecular complexity index is 520. The molecule has 0 heterocycles. The van der Waals surface area contributed by atoms with E-state index in [2.05, 4.69) is 6.58 Å². The molecule has 0 saturated carbocycles. The fourth-order valence-electron chi connectivity index (χ4n) is 1.58. The molecule has 0 radical (unpaired) electrons. The Balaban J connectivity index is 2.07. The second kappa shape index (κ2) is 5.21. The van der Waals surface area contributed by atoms with Crippen LogP contribution in [-0.2, 0) is 6.61 Å². The lowest BCUT2D eigenvalue weighted by molar-refractivity contribution is 0.308. The number of hydrogen-bond acceptors (Lipinski definition) is 2. The van der Waals surface area contributed by atoms with E-state index < -0.39 is 0 Å². The van der Waals surface area contributed by atoms with Gasteiger partial charge >= 0.3 is 0 Å². The summed E-state index contributed by atoms with van der Waals surface area (Å²) in [5.74, 6) is 0.719. The largest absolute Gasteiger partial charge is 0.487 e. The van der Waals surface area contributed by atoms with Gasteiger partial charge in [0.2, 0.25) is 0 Å². The first-order chi connectivity index (χ1) is 8.29. The Hall–Kier alpha value is -2.22. The van der Waals surface area contributed by atoms with Crippen LogP contribution in [0.1, 0.15) is 11.1 Å². The number of rotatable bonds is 4. The summed E-state index contributed by atoms with van der Waals surface area (Å²) in [5, 5.41) is 0. The third-order valence-corrected chi connectivity index (χ3v) is 2.50. The standard InChI is InChI=1S/C15H15NO/c1-2-12-6-5-7-13(10-12)11-17-15-9-4-3-8-14(15)16/h2-10H,1,11,16H2. The second-order valence-corrected chi connectivity index (χ2v) is 3.78. The summed E-state index contributed by atoms with van der Waals surface area (Å²) in [6.07, 6.45) is 1.82. The maximum absolute atomic E-state index is 5.80. The van der Waals surface area contributed by atoms with Gasteiger partial charge < -0.3 is 10.5 Å². The smallest absolute Gasteiger partial charge is 0.142 e. The highest BCUT2D eigenvalue weighted by atomic mass is 16.5. The van der Waals surface area contributed by atoms with Crippen LogP contribution in [0.5, 0.6) is 5.75 Å². The Labute approximate surface area is 101 Å². The zero-order valence-electron chi connectivity index (χ0n) is 9.60. The Morgan fingerprint density at radius 3 is 2.71 bits per heavy atom. The van der Waals surface area contributed by atoms with Gasteiger partial charge in [-0.05, 0) is 29.3 Å². The lowest BCUT2D eigenvalue weighted by atomic mass is 10.1. The first-order valence-electron chi connectivity index (χ1n) is 5.48. The van der Waals surface area contributed by atoms with Gasteiger partial charge in [-0.1, -0.05) is 43.0 Å². The van der Waals surface area contributed by atoms with Crippen molar-refractivity contribution in [1.82, 2.24) is 0 Å². The highest BCUT2D eigenvalue weighted by Crippen LogP contribution is 2.21. The number of para-hydroxylation sites is 2. The van der Waals surface area contributed by atoms with Crippen molar-refractivity contribution in [3.8, 4) is 5.75 Å². The van der Waals surface area contributed by atoms with Crippen molar-refractivity contribution in [1.29, 1.82) is 0 Å². The van der Waals surface area contributed by atoms with Crippen molar-refractivity contribution < 1.29 is 4.74 Å². The molecule has 0 atom stereocenters. The van der Waals surface area contributed by atoms with E-state index in [0.29, 0.717) is 12.3 Å². The minimum absolute atomic E-state index is 0.510. The van der Waals surface area contributed by atoms with Crippen LogP contribution in [0.3, 0.4) is 0 Å². The zero-order valence-corrected chi connectivity index (χ0v) is 9.60. The Kier molecular flexibility index (Phi) is 3.46. The lowest BCUT2D eigenvalue weighted by Crippen LogP contribution is -1.98. The van der Waals surface area contributed by atoms with E-state index in [1.54, 1.807) is 0 Å². The monoisotopic (exact) mass is 225 g/mol. The van der Waals surface area contributed by atoms with Gasteiger partial charge in [0.1, 0.15) is 12.4 Å². The van der Waals surface area contributed by atoms with Crippen molar-refractivity contribution in [2.24, 2.45) is 0 Å². The molecule has 0 aliphatic rings. The molecule has 2 aromatic carbocycles. The molecule has 0 unspecified atom stereocenters. The second-order valence-electron chi connectivity index (χ2n) is 3.78. The lowest BCUT2D eigenvalue weighted by Gasteiger charge is -2.08. The maximum Gasteiger partial charge on any atom is 0.142 e. The fourth-order valence-corrected chi connectivity index (χ4v) is 1.58. The fraction of sp³-hybridized carbons (Fsp3) is 0.0667. The van der Waals surface area contributed by atoms with Gasteiger partial charge in [-0.25, -0.2) is 0 Å². The number of ether oxygens (including phenoxy) is 1. The predicted molar refractivity (Wildman–Crippen MR) is 71.7 cm³/mol. The van der Waals surface area contributed by atoms with Gasteiger partial charge in [-0.3, -0.25) is 0 Å². The van der Waals surface area contributed by atoms with Crippen LogP contribution in [-0.4, -0.2) is 0 Å². The molecule has 0 fully saturated rings. The molecule has 2 N–H and O–H groups in total. The highest BCUT2D eigenvalue weighted by Gasteiger charge is 1.99. The molecule has 0 bridgehead atoms. The summed E-state index contributed by atoms with van der Waals surface area (Å²) in [7, 11) is 0. The van der Waals surface area contributed by atoms with Crippen LogP contribution in [0.25, 0.3) is 6.08 Å². The predicted octanol–water partition coefficient (Wildman–Crippen LogP) is 3.49. The minimum Gasteiger partial charge on any atom is -0.487 e. The average Bonchev–Trinajstić information content (AvgIpc) is 2.38. The molecule has 0 spiro atoms. The summed E-state index contributed by atoms with van der Waals surface area (Å²) in [4.78, 5) is 0. The SMILES string of the molecule is C=Cc1cccc(COc2ccccc2N)c1. The molecule has 2 nitrogen and oxygen atoms in total. The van der Waals surface area contributed by atoms with Gasteiger partial charge in [0.05, 0.1) is 5.69 Å². The van der Waals surface area contributed by atoms with Gasteiger partial charge in [0.25, 0.3) is 0 Å². The Morgan fingerprint density at radius 1 is 1.12 bits per heavy atom. The van der Waals surface area contributed by atoms with E-state index in [-0.39, 0.29) is 0 Å². The number of nitrogens with two attached hydrogens (primary N) is 1. The molecule has 0 saturated heterocycles. The molecule has 2 aromatic rings.